The van der Waals surface area contributed by atoms with Gasteiger partial charge in [-0.15, -0.1) is 0 Å². The van der Waals surface area contributed by atoms with Gasteiger partial charge in [-0.05, 0) is 12.5 Å². The lowest BCUT2D eigenvalue weighted by molar-refractivity contribution is -0.119. The third-order valence-corrected chi connectivity index (χ3v) is 3.31. The molecule has 0 saturated heterocycles. The maximum Gasteiger partial charge on any atom is 0.155 e. The van der Waals surface area contributed by atoms with Gasteiger partial charge in [-0.2, -0.15) is 5.10 Å². The Balaban J connectivity index is 2.47. The Morgan fingerprint density at radius 2 is 2.24 bits per heavy atom. The van der Waals surface area contributed by atoms with Gasteiger partial charge >= 0.3 is 0 Å². The van der Waals surface area contributed by atoms with Crippen molar-refractivity contribution < 1.29 is 13.2 Å². The van der Waals surface area contributed by atoms with Crippen LogP contribution in [-0.2, 0) is 28.1 Å². The van der Waals surface area contributed by atoms with Crippen molar-refractivity contribution in [2.75, 3.05) is 12.0 Å². The largest absolute Gasteiger partial charge is 0.321 e. The van der Waals surface area contributed by atoms with Gasteiger partial charge in [0, 0.05) is 19.5 Å². The van der Waals surface area contributed by atoms with E-state index in [2.05, 4.69) is 5.10 Å². The summed E-state index contributed by atoms with van der Waals surface area (Å²) in [6, 6.07) is 0.994. The van der Waals surface area contributed by atoms with Crippen LogP contribution in [0.25, 0.3) is 0 Å². The number of aromatic nitrogens is 2. The van der Waals surface area contributed by atoms with Crippen LogP contribution in [0.15, 0.2) is 12.3 Å². The molecular weight excluding hydrogens is 242 g/mol. The second kappa shape index (κ2) is 5.42. The van der Waals surface area contributed by atoms with Crippen molar-refractivity contribution >= 4 is 15.6 Å². The maximum absolute atomic E-state index is 11.7. The van der Waals surface area contributed by atoms with Crippen LogP contribution in [0, 0.1) is 0 Å². The van der Waals surface area contributed by atoms with Gasteiger partial charge in [0.05, 0.1) is 23.9 Å². The molecule has 0 radical (unpaired) electrons. The zero-order valence-electron chi connectivity index (χ0n) is 9.96. The Morgan fingerprint density at radius 3 is 2.71 bits per heavy atom. The third-order valence-electron chi connectivity index (χ3n) is 2.34. The van der Waals surface area contributed by atoms with Crippen LogP contribution in [0.4, 0.5) is 0 Å². The number of sulfone groups is 1. The molecule has 1 rings (SSSR count). The molecule has 0 aliphatic carbocycles. The smallest absolute Gasteiger partial charge is 0.155 e. The fourth-order valence-corrected chi connectivity index (χ4v) is 2.05. The maximum atomic E-state index is 11.7. The fourth-order valence-electron chi connectivity index (χ4n) is 1.37. The van der Waals surface area contributed by atoms with Crippen LogP contribution >= 0.6 is 0 Å². The molecule has 0 aliphatic rings. The number of carbonyl (C=O) groups excluding carboxylic acids is 1. The van der Waals surface area contributed by atoms with Crippen LogP contribution in [0.2, 0.25) is 0 Å². The average Bonchev–Trinajstić information content (AvgIpc) is 2.59. The Hall–Kier alpha value is -1.21. The Bertz CT molecular complexity index is 493. The van der Waals surface area contributed by atoms with E-state index in [0.717, 1.165) is 6.26 Å². The van der Waals surface area contributed by atoms with Gasteiger partial charge in [0.1, 0.15) is 9.84 Å². The molecule has 0 aromatic carbocycles. The highest BCUT2D eigenvalue weighted by Gasteiger charge is 2.17. The van der Waals surface area contributed by atoms with Gasteiger partial charge in [0.25, 0.3) is 0 Å². The van der Waals surface area contributed by atoms with Crippen LogP contribution in [0.3, 0.4) is 0 Å². The van der Waals surface area contributed by atoms with Crippen molar-refractivity contribution in [1.82, 2.24) is 9.78 Å². The summed E-state index contributed by atoms with van der Waals surface area (Å²) in [6.45, 7) is 0. The minimum Gasteiger partial charge on any atom is -0.321 e. The van der Waals surface area contributed by atoms with Crippen molar-refractivity contribution in [3.8, 4) is 0 Å². The van der Waals surface area contributed by atoms with Crippen LogP contribution in [0.1, 0.15) is 12.1 Å². The summed E-state index contributed by atoms with van der Waals surface area (Å²) in [6.07, 6.45) is 3.17. The molecule has 0 saturated carbocycles. The quantitative estimate of drug-likeness (QED) is 0.728. The van der Waals surface area contributed by atoms with Gasteiger partial charge < -0.3 is 5.73 Å². The predicted octanol–water partition coefficient (Wildman–Crippen LogP) is -0.706. The summed E-state index contributed by atoms with van der Waals surface area (Å²) in [7, 11) is -1.31. The number of nitrogens with two attached hydrogens (primary N) is 1. The van der Waals surface area contributed by atoms with E-state index in [4.69, 9.17) is 5.73 Å². The average molecular weight is 259 g/mol. The Labute approximate surface area is 101 Å². The number of aryl methyl sites for hydroxylation is 1. The zero-order valence-corrected chi connectivity index (χ0v) is 10.8. The molecule has 0 spiro atoms. The molecular formula is C10H17N3O3S. The number of hydrogen-bond acceptors (Lipinski definition) is 5. The summed E-state index contributed by atoms with van der Waals surface area (Å²) >= 11 is 0. The molecule has 1 unspecified atom stereocenters. The van der Waals surface area contributed by atoms with Gasteiger partial charge in [0.15, 0.2) is 5.78 Å². The number of hydrogen-bond donors (Lipinski definition) is 1. The summed E-state index contributed by atoms with van der Waals surface area (Å²) in [5, 5.41) is 4.06. The SMILES string of the molecule is Cn1ccc(CC(=O)C(N)CCS(C)(=O)=O)n1. The van der Waals surface area contributed by atoms with E-state index in [1.807, 2.05) is 0 Å². The van der Waals surface area contributed by atoms with E-state index in [9.17, 15) is 13.2 Å². The second-order valence-electron chi connectivity index (χ2n) is 4.15. The second-order valence-corrected chi connectivity index (χ2v) is 6.41. The lowest BCUT2D eigenvalue weighted by Crippen LogP contribution is -2.33. The molecule has 96 valence electrons. The minimum atomic E-state index is -3.07. The molecule has 0 aliphatic heterocycles. The van der Waals surface area contributed by atoms with Gasteiger partial charge in [-0.25, -0.2) is 8.42 Å². The first-order valence-electron chi connectivity index (χ1n) is 5.22. The molecule has 1 heterocycles. The molecule has 0 bridgehead atoms. The molecule has 7 heteroatoms. The lowest BCUT2D eigenvalue weighted by atomic mass is 10.1. The first-order valence-corrected chi connectivity index (χ1v) is 7.28. The summed E-state index contributed by atoms with van der Waals surface area (Å²) in [4.78, 5) is 11.7. The highest BCUT2D eigenvalue weighted by molar-refractivity contribution is 7.90. The summed E-state index contributed by atoms with van der Waals surface area (Å²) in [5.41, 5.74) is 6.28. The standard InChI is InChI=1S/C10H17N3O3S/c1-13-5-3-8(12-13)7-10(14)9(11)4-6-17(2,15)16/h3,5,9H,4,6-7,11H2,1-2H3. The highest BCUT2D eigenvalue weighted by atomic mass is 32.2. The minimum absolute atomic E-state index is 0.0673. The molecule has 0 fully saturated rings. The summed E-state index contributed by atoms with van der Waals surface area (Å²) < 4.78 is 23.5. The number of Topliss-reactive ketones (excluding diaryl/α,β-unsaturated/α-hetero) is 1. The Kier molecular flexibility index (Phi) is 4.41. The van der Waals surface area contributed by atoms with E-state index in [1.54, 1.807) is 24.0 Å². The predicted molar refractivity (Wildman–Crippen MR) is 64.2 cm³/mol. The third kappa shape index (κ3) is 5.10. The highest BCUT2D eigenvalue weighted by Crippen LogP contribution is 2.02. The molecule has 2 N–H and O–H groups in total. The molecule has 6 nitrogen and oxygen atoms in total. The molecule has 1 atom stereocenters. The zero-order chi connectivity index (χ0) is 13.1. The molecule has 17 heavy (non-hydrogen) atoms. The van der Waals surface area contributed by atoms with Crippen molar-refractivity contribution in [2.45, 2.75) is 18.9 Å². The normalized spacial score (nSPS) is 13.6. The van der Waals surface area contributed by atoms with E-state index in [1.165, 1.54) is 0 Å². The van der Waals surface area contributed by atoms with Gasteiger partial charge in [0.2, 0.25) is 0 Å². The number of ketones is 1. The van der Waals surface area contributed by atoms with Crippen molar-refractivity contribution in [2.24, 2.45) is 12.8 Å². The van der Waals surface area contributed by atoms with Crippen molar-refractivity contribution in [3.05, 3.63) is 18.0 Å². The first kappa shape index (κ1) is 13.9. The van der Waals surface area contributed by atoms with E-state index >= 15 is 0 Å². The molecule has 0 amide bonds. The summed E-state index contributed by atoms with van der Waals surface area (Å²) in [5.74, 6) is -0.255. The number of rotatable bonds is 6. The molecule has 1 aromatic rings. The Morgan fingerprint density at radius 1 is 1.59 bits per heavy atom. The fraction of sp³-hybridized carbons (Fsp3) is 0.600. The lowest BCUT2D eigenvalue weighted by Gasteiger charge is -2.08. The monoisotopic (exact) mass is 259 g/mol. The van der Waals surface area contributed by atoms with Crippen LogP contribution < -0.4 is 5.73 Å². The van der Waals surface area contributed by atoms with Crippen molar-refractivity contribution in [3.63, 3.8) is 0 Å². The van der Waals surface area contributed by atoms with E-state index < -0.39 is 15.9 Å². The number of nitrogens with zero attached hydrogens (tertiary/aromatic N) is 2. The van der Waals surface area contributed by atoms with E-state index in [-0.39, 0.29) is 24.4 Å². The van der Waals surface area contributed by atoms with Crippen LogP contribution in [-0.4, -0.2) is 42.0 Å². The van der Waals surface area contributed by atoms with Crippen molar-refractivity contribution in [1.29, 1.82) is 0 Å². The number of carbonyl (C=O) groups is 1. The van der Waals surface area contributed by atoms with E-state index in [0.29, 0.717) is 5.69 Å². The first-order chi connectivity index (χ1) is 7.78. The topological polar surface area (TPSA) is 95.0 Å². The van der Waals surface area contributed by atoms with Gasteiger partial charge in [-0.3, -0.25) is 9.48 Å². The molecule has 1 aromatic heterocycles. The van der Waals surface area contributed by atoms with Gasteiger partial charge in [-0.1, -0.05) is 0 Å². The van der Waals surface area contributed by atoms with Crippen LogP contribution in [0.5, 0.6) is 0 Å².